The van der Waals surface area contributed by atoms with Crippen molar-refractivity contribution in [2.24, 2.45) is 22.7 Å². The molecular formula is C22H30O5. The predicted octanol–water partition coefficient (Wildman–Crippen LogP) is 3.03. The Labute approximate surface area is 160 Å². The summed E-state index contributed by atoms with van der Waals surface area (Å²) in [5, 5.41) is 30.1. The van der Waals surface area contributed by atoms with Crippen LogP contribution in [-0.4, -0.2) is 39.6 Å². The van der Waals surface area contributed by atoms with Gasteiger partial charge in [0.1, 0.15) is 0 Å². The summed E-state index contributed by atoms with van der Waals surface area (Å²) in [4.78, 5) is 24.7. The molecule has 0 heterocycles. The van der Waals surface area contributed by atoms with Gasteiger partial charge in [-0.05, 0) is 60.8 Å². The smallest absolute Gasteiger partial charge is 0.226 e. The first-order valence-electron chi connectivity index (χ1n) is 9.72. The van der Waals surface area contributed by atoms with Crippen LogP contribution in [0, 0.1) is 22.7 Å². The van der Waals surface area contributed by atoms with Crippen LogP contribution >= 0.6 is 0 Å². The van der Waals surface area contributed by atoms with Gasteiger partial charge in [-0.15, -0.1) is 0 Å². The average molecular weight is 374 g/mol. The molecule has 0 aromatic rings. The molecule has 0 aromatic heterocycles. The zero-order chi connectivity index (χ0) is 20.1. The van der Waals surface area contributed by atoms with E-state index in [1.807, 2.05) is 0 Å². The maximum absolute atomic E-state index is 12.5. The number of aliphatic hydroxyl groups excluding tert-OH is 3. The molecule has 4 atom stereocenters. The number of carbonyl (C=O) groups excluding carboxylic acids is 2. The molecule has 5 nitrogen and oxygen atoms in total. The fourth-order valence-electron chi connectivity index (χ4n) is 5.78. The minimum Gasteiger partial charge on any atom is -0.504 e. The van der Waals surface area contributed by atoms with E-state index in [0.717, 1.165) is 30.9 Å². The van der Waals surface area contributed by atoms with Crippen molar-refractivity contribution < 1.29 is 24.9 Å². The highest BCUT2D eigenvalue weighted by Crippen LogP contribution is 2.62. The summed E-state index contributed by atoms with van der Waals surface area (Å²) in [6, 6.07) is 0. The van der Waals surface area contributed by atoms with Crippen molar-refractivity contribution in [3.63, 3.8) is 0 Å². The highest BCUT2D eigenvalue weighted by molar-refractivity contribution is 6.21. The van der Waals surface area contributed by atoms with Gasteiger partial charge in [0.25, 0.3) is 0 Å². The molecule has 0 aliphatic heterocycles. The first-order valence-corrected chi connectivity index (χ1v) is 9.72. The number of hydrogen-bond donors (Lipinski definition) is 3. The first kappa shape index (κ1) is 20.0. The van der Waals surface area contributed by atoms with Crippen LogP contribution in [0.15, 0.2) is 35.1 Å². The maximum atomic E-state index is 12.5. The van der Waals surface area contributed by atoms with Crippen LogP contribution in [0.1, 0.15) is 52.9 Å². The van der Waals surface area contributed by atoms with Gasteiger partial charge in [-0.3, -0.25) is 9.59 Å². The molecule has 0 unspecified atom stereocenters. The number of carbonyl (C=O) groups is 2. The van der Waals surface area contributed by atoms with E-state index in [0.29, 0.717) is 6.42 Å². The number of ketones is 2. The largest absolute Gasteiger partial charge is 0.504 e. The summed E-state index contributed by atoms with van der Waals surface area (Å²) in [6.45, 7) is 10.1. The standard InChI is InChI=1S/C22H30O5/c1-12-5-6-17-21(2,3)18(25)7-8-22(17,4)15(12)10-14-16(24)9-13(11-23)19(26)20(14)27/h9,15,17-18,23,25,27H,1,5-8,10-11H2,2-4H3/t15-,17-,18+,22+/m0/s1. The molecule has 0 spiro atoms. The van der Waals surface area contributed by atoms with Gasteiger partial charge in [0.05, 0.1) is 12.7 Å². The highest BCUT2D eigenvalue weighted by atomic mass is 16.3. The number of allylic oxidation sites excluding steroid dienone is 4. The number of Topliss-reactive ketones (excluding diaryl/α,β-unsaturated/α-hetero) is 1. The molecule has 2 saturated carbocycles. The lowest BCUT2D eigenvalue weighted by molar-refractivity contribution is -0.125. The third-order valence-electron chi connectivity index (χ3n) is 7.53. The van der Waals surface area contributed by atoms with Crippen LogP contribution in [0.3, 0.4) is 0 Å². The molecule has 0 aromatic carbocycles. The molecule has 3 aliphatic rings. The second kappa shape index (κ2) is 6.71. The second-order valence-electron chi connectivity index (χ2n) is 9.24. The molecule has 0 bridgehead atoms. The molecular weight excluding hydrogens is 344 g/mol. The van der Waals surface area contributed by atoms with Crippen LogP contribution in [0.2, 0.25) is 0 Å². The minimum absolute atomic E-state index is 0.0407. The Hall–Kier alpha value is -1.72. The predicted molar refractivity (Wildman–Crippen MR) is 102 cm³/mol. The Kier molecular flexibility index (Phi) is 4.98. The summed E-state index contributed by atoms with van der Waals surface area (Å²) in [7, 11) is 0. The first-order chi connectivity index (χ1) is 12.5. The van der Waals surface area contributed by atoms with E-state index in [4.69, 9.17) is 0 Å². The summed E-state index contributed by atoms with van der Waals surface area (Å²) in [5.74, 6) is -1.40. The van der Waals surface area contributed by atoms with Gasteiger partial charge in [-0.25, -0.2) is 0 Å². The summed E-state index contributed by atoms with van der Waals surface area (Å²) < 4.78 is 0. The third-order valence-corrected chi connectivity index (χ3v) is 7.53. The van der Waals surface area contributed by atoms with Gasteiger partial charge in [-0.1, -0.05) is 32.9 Å². The van der Waals surface area contributed by atoms with E-state index in [-0.39, 0.29) is 46.3 Å². The zero-order valence-electron chi connectivity index (χ0n) is 16.4. The molecule has 0 amide bonds. The summed E-state index contributed by atoms with van der Waals surface area (Å²) >= 11 is 0. The van der Waals surface area contributed by atoms with Crippen molar-refractivity contribution in [1.82, 2.24) is 0 Å². The van der Waals surface area contributed by atoms with E-state index < -0.39 is 23.9 Å². The van der Waals surface area contributed by atoms with Gasteiger partial charge in [0.2, 0.25) is 5.78 Å². The van der Waals surface area contributed by atoms with Crippen LogP contribution in [0.4, 0.5) is 0 Å². The molecule has 0 radical (unpaired) electrons. The van der Waals surface area contributed by atoms with E-state index in [2.05, 4.69) is 27.4 Å². The van der Waals surface area contributed by atoms with Gasteiger partial charge in [-0.2, -0.15) is 0 Å². The summed E-state index contributed by atoms with van der Waals surface area (Å²) in [5.41, 5.74) is 0.691. The molecule has 3 rings (SSSR count). The van der Waals surface area contributed by atoms with Crippen LogP contribution in [-0.2, 0) is 9.59 Å². The van der Waals surface area contributed by atoms with E-state index >= 15 is 0 Å². The molecule has 148 valence electrons. The van der Waals surface area contributed by atoms with Crippen molar-refractivity contribution >= 4 is 11.6 Å². The fraction of sp³-hybridized carbons (Fsp3) is 0.636. The van der Waals surface area contributed by atoms with Crippen LogP contribution in [0.5, 0.6) is 0 Å². The van der Waals surface area contributed by atoms with E-state index in [1.165, 1.54) is 0 Å². The average Bonchev–Trinajstić information content (AvgIpc) is 2.60. The molecule has 3 N–H and O–H groups in total. The lowest BCUT2D eigenvalue weighted by Crippen LogP contribution is -2.54. The lowest BCUT2D eigenvalue weighted by atomic mass is 9.46. The number of aliphatic hydroxyl groups is 3. The quantitative estimate of drug-likeness (QED) is 0.521. The topological polar surface area (TPSA) is 94.8 Å². The van der Waals surface area contributed by atoms with Crippen molar-refractivity contribution in [1.29, 1.82) is 0 Å². The van der Waals surface area contributed by atoms with Crippen LogP contribution in [0.25, 0.3) is 0 Å². The third kappa shape index (κ3) is 3.01. The van der Waals surface area contributed by atoms with Crippen LogP contribution < -0.4 is 0 Å². The molecule has 27 heavy (non-hydrogen) atoms. The van der Waals surface area contributed by atoms with Crippen molar-refractivity contribution in [3.05, 3.63) is 35.1 Å². The molecule has 3 aliphatic carbocycles. The lowest BCUT2D eigenvalue weighted by Gasteiger charge is -2.59. The van der Waals surface area contributed by atoms with Crippen molar-refractivity contribution in [2.75, 3.05) is 6.61 Å². The Morgan fingerprint density at radius 1 is 1.22 bits per heavy atom. The summed E-state index contributed by atoms with van der Waals surface area (Å²) in [6.07, 6.45) is 4.32. The van der Waals surface area contributed by atoms with Gasteiger partial charge in [0.15, 0.2) is 11.5 Å². The second-order valence-corrected chi connectivity index (χ2v) is 9.24. The Morgan fingerprint density at radius 2 is 1.89 bits per heavy atom. The molecule has 5 heteroatoms. The van der Waals surface area contributed by atoms with Gasteiger partial charge in [0, 0.05) is 11.1 Å². The fourth-order valence-corrected chi connectivity index (χ4v) is 5.78. The minimum atomic E-state index is -0.672. The Morgan fingerprint density at radius 3 is 2.52 bits per heavy atom. The highest BCUT2D eigenvalue weighted by Gasteiger charge is 2.56. The van der Waals surface area contributed by atoms with E-state index in [1.54, 1.807) is 0 Å². The molecule has 2 fully saturated rings. The number of rotatable bonds is 3. The number of fused-ring (bicyclic) bond motifs is 1. The zero-order valence-corrected chi connectivity index (χ0v) is 16.4. The SMILES string of the molecule is C=C1CC[C@H]2C(C)(C)[C@H](O)CC[C@]2(C)[C@H]1CC1=C(O)C(=O)C(CO)=CC1=O. The van der Waals surface area contributed by atoms with Gasteiger partial charge >= 0.3 is 0 Å². The normalized spacial score (nSPS) is 36.6. The van der Waals surface area contributed by atoms with E-state index in [9.17, 15) is 24.9 Å². The number of hydrogen-bond acceptors (Lipinski definition) is 5. The molecule has 0 saturated heterocycles. The van der Waals surface area contributed by atoms with Crippen molar-refractivity contribution in [3.8, 4) is 0 Å². The Bertz CT molecular complexity index is 757. The Balaban J connectivity index is 1.96. The van der Waals surface area contributed by atoms with Gasteiger partial charge < -0.3 is 15.3 Å². The monoisotopic (exact) mass is 374 g/mol. The maximum Gasteiger partial charge on any atom is 0.226 e. The van der Waals surface area contributed by atoms with Crippen molar-refractivity contribution in [2.45, 2.75) is 59.0 Å².